The molecule has 134 valence electrons. The lowest BCUT2D eigenvalue weighted by molar-refractivity contribution is -0.115. The highest BCUT2D eigenvalue weighted by atomic mass is 32.2. The van der Waals surface area contributed by atoms with Crippen molar-refractivity contribution in [3.8, 4) is 0 Å². The average Bonchev–Trinajstić information content (AvgIpc) is 3.02. The molecule has 1 aromatic rings. The first-order valence-corrected chi connectivity index (χ1v) is 9.40. The second-order valence-corrected chi connectivity index (χ2v) is 8.20. The molecule has 0 radical (unpaired) electrons. The van der Waals surface area contributed by atoms with Crippen LogP contribution in [0.4, 0.5) is 5.69 Å². The summed E-state index contributed by atoms with van der Waals surface area (Å²) in [5.41, 5.74) is 1.10. The summed E-state index contributed by atoms with van der Waals surface area (Å²) < 4.78 is 31.2. The van der Waals surface area contributed by atoms with E-state index in [1.165, 1.54) is 20.2 Å². The van der Waals surface area contributed by atoms with Gasteiger partial charge in [-0.15, -0.1) is 0 Å². The summed E-state index contributed by atoms with van der Waals surface area (Å²) in [6.45, 7) is 3.31. The molecule has 0 bridgehead atoms. The molecule has 1 aliphatic rings. The van der Waals surface area contributed by atoms with Crippen molar-refractivity contribution >= 4 is 21.6 Å². The van der Waals surface area contributed by atoms with Gasteiger partial charge >= 0.3 is 0 Å². The van der Waals surface area contributed by atoms with Crippen molar-refractivity contribution in [3.63, 3.8) is 0 Å². The van der Waals surface area contributed by atoms with Crippen molar-refractivity contribution in [1.29, 1.82) is 0 Å². The van der Waals surface area contributed by atoms with E-state index in [-0.39, 0.29) is 23.5 Å². The third-order valence-corrected chi connectivity index (χ3v) is 5.87. The van der Waals surface area contributed by atoms with Gasteiger partial charge in [0.2, 0.25) is 15.9 Å². The number of nitrogens with zero attached hydrogens (tertiary/aromatic N) is 1. The average molecular weight is 355 g/mol. The molecule has 2 N–H and O–H groups in total. The maximum Gasteiger partial charge on any atom is 0.242 e. The highest BCUT2D eigenvalue weighted by molar-refractivity contribution is 7.89. The van der Waals surface area contributed by atoms with Gasteiger partial charge in [-0.05, 0) is 37.5 Å². The molecular formula is C16H25N3O4S. The van der Waals surface area contributed by atoms with Gasteiger partial charge in [-0.2, -0.15) is 0 Å². The maximum absolute atomic E-state index is 12.3. The summed E-state index contributed by atoms with van der Waals surface area (Å²) in [6, 6.07) is 4.87. The Morgan fingerprint density at radius 3 is 2.75 bits per heavy atom. The van der Waals surface area contributed by atoms with Crippen LogP contribution >= 0.6 is 0 Å². The minimum absolute atomic E-state index is 0.156. The lowest BCUT2D eigenvalue weighted by Crippen LogP contribution is -2.33. The summed E-state index contributed by atoms with van der Waals surface area (Å²) in [6.07, 6.45) is 2.25. The predicted molar refractivity (Wildman–Crippen MR) is 92.5 cm³/mol. The van der Waals surface area contributed by atoms with E-state index in [1.807, 2.05) is 0 Å². The Balaban J connectivity index is 1.95. The Bertz CT molecular complexity index is 683. The zero-order valence-corrected chi connectivity index (χ0v) is 15.1. The van der Waals surface area contributed by atoms with Crippen LogP contribution in [0.2, 0.25) is 0 Å². The molecule has 1 atom stereocenters. The van der Waals surface area contributed by atoms with E-state index in [1.54, 1.807) is 19.1 Å². The first-order valence-electron chi connectivity index (χ1n) is 7.96. The number of nitrogens with one attached hydrogen (secondary N) is 2. The molecule has 8 heteroatoms. The largest absolute Gasteiger partial charge is 0.377 e. The fraction of sp³-hybridized carbons (Fsp3) is 0.562. The van der Waals surface area contributed by atoms with E-state index in [4.69, 9.17) is 4.74 Å². The van der Waals surface area contributed by atoms with Crippen LogP contribution in [0.1, 0.15) is 18.4 Å². The molecular weight excluding hydrogens is 330 g/mol. The van der Waals surface area contributed by atoms with Gasteiger partial charge in [-0.25, -0.2) is 12.7 Å². The Kier molecular flexibility index (Phi) is 6.34. The van der Waals surface area contributed by atoms with Crippen LogP contribution in [0.5, 0.6) is 0 Å². The van der Waals surface area contributed by atoms with E-state index in [0.717, 1.165) is 23.8 Å². The first-order chi connectivity index (χ1) is 11.3. The molecule has 0 aromatic heterocycles. The lowest BCUT2D eigenvalue weighted by Gasteiger charge is -2.15. The standard InChI is InChI=1S/C16H25N3O4S/c1-12-6-7-13(9-15(12)24(21,22)19(2)3)18-16(20)11-17-10-14-5-4-8-23-14/h6-7,9,14,17H,4-5,8,10-11H2,1-3H3,(H,18,20). The monoisotopic (exact) mass is 355 g/mol. The Morgan fingerprint density at radius 2 is 2.12 bits per heavy atom. The molecule has 7 nitrogen and oxygen atoms in total. The van der Waals surface area contributed by atoms with E-state index in [2.05, 4.69) is 10.6 Å². The van der Waals surface area contributed by atoms with Crippen molar-refractivity contribution in [3.05, 3.63) is 23.8 Å². The van der Waals surface area contributed by atoms with Gasteiger partial charge in [-0.1, -0.05) is 6.07 Å². The molecule has 1 amide bonds. The van der Waals surface area contributed by atoms with Crippen LogP contribution in [0, 0.1) is 6.92 Å². The van der Waals surface area contributed by atoms with Gasteiger partial charge in [-0.3, -0.25) is 4.79 Å². The van der Waals surface area contributed by atoms with Gasteiger partial charge in [0.05, 0.1) is 17.5 Å². The van der Waals surface area contributed by atoms with Crippen LogP contribution < -0.4 is 10.6 Å². The number of carbonyl (C=O) groups is 1. The number of aryl methyl sites for hydroxylation is 1. The van der Waals surface area contributed by atoms with Crippen LogP contribution in [0.3, 0.4) is 0 Å². The summed E-state index contributed by atoms with van der Waals surface area (Å²) in [5.74, 6) is -0.218. The zero-order chi connectivity index (χ0) is 17.7. The number of rotatable bonds is 7. The van der Waals surface area contributed by atoms with Crippen molar-refractivity contribution in [1.82, 2.24) is 9.62 Å². The predicted octanol–water partition coefficient (Wildman–Crippen LogP) is 0.952. The molecule has 24 heavy (non-hydrogen) atoms. The highest BCUT2D eigenvalue weighted by Crippen LogP contribution is 2.22. The molecule has 1 saturated heterocycles. The summed E-state index contributed by atoms with van der Waals surface area (Å²) >= 11 is 0. The summed E-state index contributed by atoms with van der Waals surface area (Å²) in [4.78, 5) is 12.2. The maximum atomic E-state index is 12.3. The SMILES string of the molecule is Cc1ccc(NC(=O)CNCC2CCCO2)cc1S(=O)(=O)N(C)C. The minimum atomic E-state index is -3.54. The number of carbonyl (C=O) groups excluding carboxylic acids is 1. The third-order valence-electron chi connectivity index (χ3n) is 3.91. The molecule has 0 spiro atoms. The molecule has 1 unspecified atom stereocenters. The Hall–Kier alpha value is -1.48. The number of ether oxygens (including phenoxy) is 1. The molecule has 2 rings (SSSR count). The van der Waals surface area contributed by atoms with E-state index in [9.17, 15) is 13.2 Å². The van der Waals surface area contributed by atoms with Gasteiger partial charge in [0.25, 0.3) is 0 Å². The number of hydrogen-bond donors (Lipinski definition) is 2. The van der Waals surface area contributed by atoms with E-state index < -0.39 is 10.0 Å². The van der Waals surface area contributed by atoms with E-state index >= 15 is 0 Å². The second-order valence-electron chi connectivity index (χ2n) is 6.08. The van der Waals surface area contributed by atoms with Crippen LogP contribution in [-0.4, -0.2) is 58.5 Å². The molecule has 0 aliphatic carbocycles. The zero-order valence-electron chi connectivity index (χ0n) is 14.3. The van der Waals surface area contributed by atoms with Gasteiger partial charge in [0.15, 0.2) is 0 Å². The van der Waals surface area contributed by atoms with E-state index in [0.29, 0.717) is 17.8 Å². The van der Waals surface area contributed by atoms with Gasteiger partial charge in [0, 0.05) is 32.9 Å². The Labute approximate surface area is 143 Å². The smallest absolute Gasteiger partial charge is 0.242 e. The number of anilines is 1. The van der Waals surface area contributed by atoms with Crippen LogP contribution in [0.15, 0.2) is 23.1 Å². The molecule has 1 heterocycles. The van der Waals surface area contributed by atoms with Crippen molar-refractivity contribution in [2.45, 2.75) is 30.8 Å². The molecule has 1 aliphatic heterocycles. The first kappa shape index (κ1) is 18.9. The summed E-state index contributed by atoms with van der Waals surface area (Å²) in [7, 11) is -0.582. The number of hydrogen-bond acceptors (Lipinski definition) is 5. The van der Waals surface area contributed by atoms with Crippen molar-refractivity contribution in [2.75, 3.05) is 39.1 Å². The van der Waals surface area contributed by atoms with Crippen LogP contribution in [-0.2, 0) is 19.6 Å². The molecule has 1 fully saturated rings. The quantitative estimate of drug-likeness (QED) is 0.760. The molecule has 0 saturated carbocycles. The van der Waals surface area contributed by atoms with Gasteiger partial charge < -0.3 is 15.4 Å². The lowest BCUT2D eigenvalue weighted by atomic mass is 10.2. The molecule has 1 aromatic carbocycles. The minimum Gasteiger partial charge on any atom is -0.377 e. The Morgan fingerprint density at radius 1 is 1.38 bits per heavy atom. The second kappa shape index (κ2) is 8.06. The number of amides is 1. The third kappa shape index (κ3) is 4.76. The van der Waals surface area contributed by atoms with Crippen molar-refractivity contribution in [2.24, 2.45) is 0 Å². The number of benzene rings is 1. The highest BCUT2D eigenvalue weighted by Gasteiger charge is 2.20. The number of sulfonamides is 1. The normalized spacial score (nSPS) is 18.1. The fourth-order valence-corrected chi connectivity index (χ4v) is 3.65. The van der Waals surface area contributed by atoms with Crippen molar-refractivity contribution < 1.29 is 17.9 Å². The fourth-order valence-electron chi connectivity index (χ4n) is 2.51. The summed E-state index contributed by atoms with van der Waals surface area (Å²) in [5, 5.41) is 5.78. The van der Waals surface area contributed by atoms with Gasteiger partial charge in [0.1, 0.15) is 0 Å². The topological polar surface area (TPSA) is 87.7 Å². The van der Waals surface area contributed by atoms with Crippen LogP contribution in [0.25, 0.3) is 0 Å².